The number of methoxy groups -OCH3 is 1. The maximum Gasteiger partial charge on any atom is 0.0696 e. The van der Waals surface area contributed by atoms with Crippen molar-refractivity contribution in [2.24, 2.45) is 5.73 Å². The Kier molecular flexibility index (Phi) is 4.27. The zero-order valence-electron chi connectivity index (χ0n) is 13.9. The first kappa shape index (κ1) is 15.5. The molecule has 2 heteroatoms. The molecular formula is C18H29NO. The van der Waals surface area contributed by atoms with E-state index in [0.29, 0.717) is 0 Å². The van der Waals surface area contributed by atoms with Gasteiger partial charge in [-0.1, -0.05) is 0 Å². The van der Waals surface area contributed by atoms with Crippen LogP contribution in [-0.4, -0.2) is 12.7 Å². The van der Waals surface area contributed by atoms with E-state index in [-0.39, 0.29) is 11.6 Å². The minimum Gasteiger partial charge on any atom is -0.378 e. The molecule has 0 amide bonds. The van der Waals surface area contributed by atoms with Crippen LogP contribution in [-0.2, 0) is 4.74 Å². The number of hydrogen-bond donors (Lipinski definition) is 1. The largest absolute Gasteiger partial charge is 0.378 e. The lowest BCUT2D eigenvalue weighted by atomic mass is 9.73. The Balaban J connectivity index is 2.37. The number of nitrogens with two attached hydrogens (primary N) is 1. The molecule has 0 aliphatic heterocycles. The summed E-state index contributed by atoms with van der Waals surface area (Å²) in [5, 5.41) is 0. The van der Waals surface area contributed by atoms with Crippen molar-refractivity contribution in [1.82, 2.24) is 0 Å². The molecule has 0 aromatic heterocycles. The summed E-state index contributed by atoms with van der Waals surface area (Å²) >= 11 is 0. The van der Waals surface area contributed by atoms with E-state index in [4.69, 9.17) is 10.5 Å². The molecule has 2 N–H and O–H groups in total. The first-order valence-corrected chi connectivity index (χ1v) is 7.70. The van der Waals surface area contributed by atoms with Gasteiger partial charge < -0.3 is 10.5 Å². The molecule has 1 aromatic rings. The predicted molar refractivity (Wildman–Crippen MR) is 85.3 cm³/mol. The molecule has 1 aliphatic rings. The summed E-state index contributed by atoms with van der Waals surface area (Å²) in [6, 6.07) is 0.0771. The van der Waals surface area contributed by atoms with Gasteiger partial charge in [0.2, 0.25) is 0 Å². The average Bonchev–Trinajstić information content (AvgIpc) is 2.38. The van der Waals surface area contributed by atoms with Crippen molar-refractivity contribution >= 4 is 0 Å². The summed E-state index contributed by atoms with van der Waals surface area (Å²) in [5.41, 5.74) is 14.9. The Hall–Kier alpha value is -0.860. The lowest BCUT2D eigenvalue weighted by Crippen LogP contribution is -2.42. The fourth-order valence-corrected chi connectivity index (χ4v) is 3.65. The lowest BCUT2D eigenvalue weighted by molar-refractivity contribution is -0.0817. The van der Waals surface area contributed by atoms with Crippen LogP contribution < -0.4 is 5.73 Å². The van der Waals surface area contributed by atoms with Crippen LogP contribution in [0, 0.1) is 34.6 Å². The van der Waals surface area contributed by atoms with Crippen molar-refractivity contribution in [2.45, 2.75) is 71.9 Å². The van der Waals surface area contributed by atoms with Gasteiger partial charge in [-0.15, -0.1) is 0 Å². The lowest BCUT2D eigenvalue weighted by Gasteiger charge is -2.42. The Morgan fingerprint density at radius 1 is 0.950 bits per heavy atom. The highest BCUT2D eigenvalue weighted by Crippen LogP contribution is 2.42. The highest BCUT2D eigenvalue weighted by molar-refractivity contribution is 5.50. The smallest absolute Gasteiger partial charge is 0.0696 e. The van der Waals surface area contributed by atoms with Crippen molar-refractivity contribution in [2.75, 3.05) is 7.11 Å². The topological polar surface area (TPSA) is 35.2 Å². The number of benzene rings is 1. The first-order chi connectivity index (χ1) is 9.33. The molecule has 1 saturated carbocycles. The third-order valence-electron chi connectivity index (χ3n) is 5.72. The Labute approximate surface area is 123 Å². The third kappa shape index (κ3) is 2.40. The summed E-state index contributed by atoms with van der Waals surface area (Å²) in [5.74, 6) is 0. The number of rotatable bonds is 4. The summed E-state index contributed by atoms with van der Waals surface area (Å²) < 4.78 is 5.75. The van der Waals surface area contributed by atoms with Crippen LogP contribution in [0.2, 0.25) is 0 Å². The Morgan fingerprint density at radius 2 is 1.40 bits per heavy atom. The highest BCUT2D eigenvalue weighted by Gasteiger charge is 2.39. The van der Waals surface area contributed by atoms with Gasteiger partial charge in [-0.2, -0.15) is 0 Å². The zero-order chi connectivity index (χ0) is 15.1. The van der Waals surface area contributed by atoms with Crippen molar-refractivity contribution in [3.8, 4) is 0 Å². The summed E-state index contributed by atoms with van der Waals surface area (Å²) in [6.07, 6.45) is 4.51. The van der Waals surface area contributed by atoms with E-state index in [1.54, 1.807) is 0 Å². The normalized spacial score (nSPS) is 18.8. The van der Waals surface area contributed by atoms with E-state index in [9.17, 15) is 0 Å². The number of hydrogen-bond acceptors (Lipinski definition) is 2. The predicted octanol–water partition coefficient (Wildman–Crippen LogP) is 4.19. The van der Waals surface area contributed by atoms with E-state index in [1.165, 1.54) is 39.8 Å². The molecule has 1 aliphatic carbocycles. The van der Waals surface area contributed by atoms with Crippen LogP contribution in [0.3, 0.4) is 0 Å². The van der Waals surface area contributed by atoms with E-state index in [2.05, 4.69) is 34.6 Å². The SMILES string of the molecule is COC1(CC(N)c2c(C)c(C)c(C)c(C)c2C)CCC1. The van der Waals surface area contributed by atoms with Gasteiger partial charge in [-0.3, -0.25) is 0 Å². The molecule has 2 nitrogen and oxygen atoms in total. The zero-order valence-corrected chi connectivity index (χ0v) is 13.9. The van der Waals surface area contributed by atoms with Crippen LogP contribution in [0.15, 0.2) is 0 Å². The fraction of sp³-hybridized carbons (Fsp3) is 0.667. The van der Waals surface area contributed by atoms with Crippen LogP contribution in [0.4, 0.5) is 0 Å². The molecule has 112 valence electrons. The molecule has 1 fully saturated rings. The van der Waals surface area contributed by atoms with Gasteiger partial charge in [0, 0.05) is 13.2 Å². The second kappa shape index (κ2) is 5.50. The molecule has 0 heterocycles. The molecule has 0 spiro atoms. The third-order valence-corrected chi connectivity index (χ3v) is 5.72. The summed E-state index contributed by atoms with van der Waals surface area (Å²) in [6.45, 7) is 11.1. The standard InChI is InChI=1S/C18H29NO/c1-11-12(2)14(4)17(15(5)13(11)3)16(19)10-18(20-6)8-7-9-18/h16H,7-10,19H2,1-6H3. The van der Waals surface area contributed by atoms with Crippen LogP contribution in [0.1, 0.15) is 65.1 Å². The van der Waals surface area contributed by atoms with Gasteiger partial charge in [0.25, 0.3) is 0 Å². The second-order valence-electron chi connectivity index (χ2n) is 6.59. The van der Waals surface area contributed by atoms with E-state index in [1.807, 2.05) is 7.11 Å². The van der Waals surface area contributed by atoms with Gasteiger partial charge in [0.1, 0.15) is 0 Å². The summed E-state index contributed by atoms with van der Waals surface area (Å²) in [7, 11) is 1.83. The molecule has 0 bridgehead atoms. The van der Waals surface area contributed by atoms with Gasteiger partial charge in [-0.05, 0) is 93.7 Å². The minimum absolute atomic E-state index is 0.0327. The van der Waals surface area contributed by atoms with E-state index >= 15 is 0 Å². The first-order valence-electron chi connectivity index (χ1n) is 7.70. The maximum atomic E-state index is 6.58. The van der Waals surface area contributed by atoms with Crippen LogP contribution >= 0.6 is 0 Å². The quantitative estimate of drug-likeness (QED) is 0.894. The average molecular weight is 275 g/mol. The molecule has 1 unspecified atom stereocenters. The van der Waals surface area contributed by atoms with Crippen molar-refractivity contribution < 1.29 is 4.74 Å². The van der Waals surface area contributed by atoms with Crippen molar-refractivity contribution in [3.63, 3.8) is 0 Å². The monoisotopic (exact) mass is 275 g/mol. The summed E-state index contributed by atoms with van der Waals surface area (Å²) in [4.78, 5) is 0. The highest BCUT2D eigenvalue weighted by atomic mass is 16.5. The minimum atomic E-state index is 0.0327. The van der Waals surface area contributed by atoms with Gasteiger partial charge in [0.15, 0.2) is 0 Å². The Morgan fingerprint density at radius 3 is 1.75 bits per heavy atom. The number of ether oxygens (including phenoxy) is 1. The second-order valence-corrected chi connectivity index (χ2v) is 6.59. The van der Waals surface area contributed by atoms with Gasteiger partial charge in [-0.25, -0.2) is 0 Å². The van der Waals surface area contributed by atoms with E-state index < -0.39 is 0 Å². The van der Waals surface area contributed by atoms with Gasteiger partial charge in [0.05, 0.1) is 5.60 Å². The van der Waals surface area contributed by atoms with E-state index in [0.717, 1.165) is 19.3 Å². The molecule has 1 atom stereocenters. The molecule has 0 radical (unpaired) electrons. The fourth-order valence-electron chi connectivity index (χ4n) is 3.65. The van der Waals surface area contributed by atoms with Crippen molar-refractivity contribution in [3.05, 3.63) is 33.4 Å². The molecule has 2 rings (SSSR count). The van der Waals surface area contributed by atoms with Crippen LogP contribution in [0.25, 0.3) is 0 Å². The molecule has 0 saturated heterocycles. The molecular weight excluding hydrogens is 246 g/mol. The molecule has 1 aromatic carbocycles. The van der Waals surface area contributed by atoms with Crippen molar-refractivity contribution in [1.29, 1.82) is 0 Å². The maximum absolute atomic E-state index is 6.58. The van der Waals surface area contributed by atoms with Crippen LogP contribution in [0.5, 0.6) is 0 Å². The molecule has 20 heavy (non-hydrogen) atoms. The Bertz CT molecular complexity index is 480. The van der Waals surface area contributed by atoms with Gasteiger partial charge >= 0.3 is 0 Å².